The second-order valence-corrected chi connectivity index (χ2v) is 25.6. The van der Waals surface area contributed by atoms with Crippen LogP contribution in [0.2, 0.25) is 0 Å². The molecule has 0 bridgehead atoms. The van der Waals surface area contributed by atoms with Gasteiger partial charge in [0.05, 0.1) is 0 Å². The Morgan fingerprint density at radius 2 is 0.276 bits per heavy atom. The predicted molar refractivity (Wildman–Crippen MR) is 245 cm³/mol. The van der Waals surface area contributed by atoms with Crippen LogP contribution in [0.3, 0.4) is 0 Å². The van der Waals surface area contributed by atoms with Crippen molar-refractivity contribution in [3.8, 4) is 0 Å². The summed E-state index contributed by atoms with van der Waals surface area (Å²) in [5, 5.41) is 0. The number of fused-ring (bicyclic) bond motifs is 4. The fourth-order valence-electron chi connectivity index (χ4n) is 21.8. The van der Waals surface area contributed by atoms with E-state index in [9.17, 15) is 0 Å². The average molecular weight is 793 g/mol. The van der Waals surface area contributed by atoms with E-state index in [4.69, 9.17) is 0 Å². The minimum Gasteiger partial charge on any atom is -0.0533 e. The molecule has 11 saturated carbocycles. The van der Waals surface area contributed by atoms with Crippen LogP contribution in [0.15, 0.2) is 0 Å². The lowest BCUT2D eigenvalue weighted by Gasteiger charge is -2.62. The first-order valence-electron chi connectivity index (χ1n) is 28.8. The van der Waals surface area contributed by atoms with Gasteiger partial charge in [-0.05, 0) is 247 Å². The van der Waals surface area contributed by atoms with E-state index in [2.05, 4.69) is 0 Å². The summed E-state index contributed by atoms with van der Waals surface area (Å²) in [6.07, 6.45) is 61.2. The van der Waals surface area contributed by atoms with Gasteiger partial charge in [0, 0.05) is 0 Å². The molecule has 0 amide bonds. The third-order valence-corrected chi connectivity index (χ3v) is 23.7. The molecular formula is C58H96. The van der Waals surface area contributed by atoms with Gasteiger partial charge >= 0.3 is 0 Å². The number of rotatable bonds is 6. The molecule has 11 rings (SSSR count). The van der Waals surface area contributed by atoms with Gasteiger partial charge in [-0.1, -0.05) is 116 Å². The van der Waals surface area contributed by atoms with Crippen molar-refractivity contribution in [3.05, 3.63) is 0 Å². The molecule has 58 heavy (non-hydrogen) atoms. The topological polar surface area (TPSA) is 0 Å². The first kappa shape index (κ1) is 40.8. The van der Waals surface area contributed by atoms with E-state index >= 15 is 0 Å². The molecule has 0 heteroatoms. The van der Waals surface area contributed by atoms with Crippen LogP contribution in [0.25, 0.3) is 0 Å². The third-order valence-electron chi connectivity index (χ3n) is 23.7. The standard InChI is InChI=1S/C58H96/c1-3-15-39(16-4-1)41-27-31-43(32-28-41)55-47-19-7-11-23-51(47)57(52-24-12-8-20-48(52)55)45-35-37-46(38-36-45)58-53-25-13-9-21-49(53)56(50-22-10-14-26-54(50)58)44-33-29-42(30-34-44)40-17-5-2-6-18-40/h39-58H,1-38H2. The first-order chi connectivity index (χ1) is 28.8. The van der Waals surface area contributed by atoms with Crippen LogP contribution >= 0.6 is 0 Å². The quantitative estimate of drug-likeness (QED) is 0.251. The fraction of sp³-hybridized carbons (Fsp3) is 1.00. The Morgan fingerprint density at radius 1 is 0.121 bits per heavy atom. The van der Waals surface area contributed by atoms with Crippen LogP contribution in [0, 0.1) is 118 Å². The largest absolute Gasteiger partial charge is 0.0533 e. The van der Waals surface area contributed by atoms with Crippen molar-refractivity contribution in [1.82, 2.24) is 0 Å². The van der Waals surface area contributed by atoms with Gasteiger partial charge in [-0.25, -0.2) is 0 Å². The lowest BCUT2D eigenvalue weighted by molar-refractivity contribution is -0.129. The van der Waals surface area contributed by atoms with E-state index in [0.29, 0.717) is 0 Å². The predicted octanol–water partition coefficient (Wildman–Crippen LogP) is 17.3. The van der Waals surface area contributed by atoms with E-state index in [1.807, 2.05) is 0 Å². The minimum absolute atomic E-state index is 1.11. The zero-order valence-electron chi connectivity index (χ0n) is 38.4. The Bertz CT molecular complexity index is 1110. The van der Waals surface area contributed by atoms with E-state index in [1.165, 1.54) is 12.8 Å². The van der Waals surface area contributed by atoms with Crippen molar-refractivity contribution in [1.29, 1.82) is 0 Å². The van der Waals surface area contributed by atoms with E-state index in [1.54, 1.807) is 231 Å². The van der Waals surface area contributed by atoms with Crippen molar-refractivity contribution in [2.24, 2.45) is 118 Å². The van der Waals surface area contributed by atoms with Crippen molar-refractivity contribution in [2.45, 2.75) is 244 Å². The van der Waals surface area contributed by atoms with Gasteiger partial charge in [0.2, 0.25) is 0 Å². The molecule has 11 fully saturated rings. The summed E-state index contributed by atoms with van der Waals surface area (Å²) in [5.74, 6) is 22.5. The van der Waals surface area contributed by atoms with Gasteiger partial charge in [0.1, 0.15) is 0 Å². The maximum atomic E-state index is 1.67. The van der Waals surface area contributed by atoms with Crippen molar-refractivity contribution in [2.75, 3.05) is 0 Å². The van der Waals surface area contributed by atoms with Gasteiger partial charge in [0.25, 0.3) is 0 Å². The number of hydrogen-bond acceptors (Lipinski definition) is 0. The Balaban J connectivity index is 0.776. The summed E-state index contributed by atoms with van der Waals surface area (Å²) in [6.45, 7) is 0. The molecule has 0 aromatic carbocycles. The van der Waals surface area contributed by atoms with Gasteiger partial charge in [0.15, 0.2) is 0 Å². The summed E-state index contributed by atoms with van der Waals surface area (Å²) in [4.78, 5) is 0. The maximum Gasteiger partial charge on any atom is -0.0323 e. The fourth-order valence-corrected chi connectivity index (χ4v) is 21.8. The highest BCUT2D eigenvalue weighted by Gasteiger charge is 2.58. The molecule has 0 aromatic rings. The molecule has 0 saturated heterocycles. The van der Waals surface area contributed by atoms with E-state index in [-0.39, 0.29) is 0 Å². The van der Waals surface area contributed by atoms with Crippen LogP contribution in [0.1, 0.15) is 244 Å². The van der Waals surface area contributed by atoms with Crippen LogP contribution in [0.5, 0.6) is 0 Å². The highest BCUT2D eigenvalue weighted by atomic mass is 14.6. The molecule has 11 aliphatic rings. The lowest BCUT2D eigenvalue weighted by Crippen LogP contribution is -2.55. The zero-order valence-corrected chi connectivity index (χ0v) is 38.4. The zero-order chi connectivity index (χ0) is 38.4. The molecule has 8 atom stereocenters. The smallest absolute Gasteiger partial charge is 0.0323 e. The molecule has 0 aliphatic heterocycles. The molecule has 8 unspecified atom stereocenters. The second kappa shape index (κ2) is 18.6. The molecule has 0 heterocycles. The molecule has 0 spiro atoms. The number of hydrogen-bond donors (Lipinski definition) is 0. The summed E-state index contributed by atoms with van der Waals surface area (Å²) >= 11 is 0. The Kier molecular flexibility index (Phi) is 13.1. The molecule has 0 nitrogen and oxygen atoms in total. The first-order valence-corrected chi connectivity index (χ1v) is 28.8. The van der Waals surface area contributed by atoms with Gasteiger partial charge in [-0.2, -0.15) is 0 Å². The Hall–Kier alpha value is 0. The normalized spacial score (nSPS) is 51.1. The van der Waals surface area contributed by atoms with Gasteiger partial charge < -0.3 is 0 Å². The van der Waals surface area contributed by atoms with Gasteiger partial charge in [-0.3, -0.25) is 0 Å². The maximum absolute atomic E-state index is 1.67. The summed E-state index contributed by atoms with van der Waals surface area (Å²) < 4.78 is 0. The molecule has 0 aromatic heterocycles. The second-order valence-electron chi connectivity index (χ2n) is 25.6. The SMILES string of the molecule is C1CCC(C2CCC(C3C4CCCCC4C(C4CCC(C5C6CCCCC6C(C6CCC(C7CCCCC7)CC6)C6CCCCC65)CC4)C4CCCCC43)CC2)CC1. The van der Waals surface area contributed by atoms with Gasteiger partial charge in [-0.15, -0.1) is 0 Å². The van der Waals surface area contributed by atoms with Crippen molar-refractivity contribution >= 4 is 0 Å². The third kappa shape index (κ3) is 7.95. The summed E-state index contributed by atoms with van der Waals surface area (Å²) in [5.41, 5.74) is 0. The van der Waals surface area contributed by atoms with Crippen LogP contribution in [-0.4, -0.2) is 0 Å². The van der Waals surface area contributed by atoms with Crippen LogP contribution in [-0.2, 0) is 0 Å². The average Bonchev–Trinajstić information content (AvgIpc) is 3.31. The highest BCUT2D eigenvalue weighted by Crippen LogP contribution is 2.66. The highest BCUT2D eigenvalue weighted by molar-refractivity contribution is 5.07. The van der Waals surface area contributed by atoms with E-state index in [0.717, 1.165) is 118 Å². The van der Waals surface area contributed by atoms with E-state index < -0.39 is 0 Å². The molecule has 328 valence electrons. The monoisotopic (exact) mass is 793 g/mol. The summed E-state index contributed by atoms with van der Waals surface area (Å²) in [6, 6.07) is 0. The molecular weight excluding hydrogens is 697 g/mol. The molecule has 0 radical (unpaired) electrons. The van der Waals surface area contributed by atoms with Crippen LogP contribution < -0.4 is 0 Å². The van der Waals surface area contributed by atoms with Crippen molar-refractivity contribution < 1.29 is 0 Å². The van der Waals surface area contributed by atoms with Crippen molar-refractivity contribution in [3.63, 3.8) is 0 Å². The lowest BCUT2D eigenvalue weighted by atomic mass is 9.43. The minimum atomic E-state index is 1.11. The summed E-state index contributed by atoms with van der Waals surface area (Å²) in [7, 11) is 0. The Labute approximate surface area is 360 Å². The Morgan fingerprint density at radius 3 is 0.483 bits per heavy atom. The molecule has 0 N–H and O–H groups in total. The van der Waals surface area contributed by atoms with Crippen LogP contribution in [0.4, 0.5) is 0 Å². The molecule has 11 aliphatic carbocycles.